The van der Waals surface area contributed by atoms with Crippen LogP contribution in [0, 0.1) is 0 Å². The molecule has 5 nitrogen and oxygen atoms in total. The fourth-order valence-corrected chi connectivity index (χ4v) is 1.54. The molecule has 0 aliphatic heterocycles. The van der Waals surface area contributed by atoms with Crippen molar-refractivity contribution in [2.45, 2.75) is 6.54 Å². The second-order valence-electron chi connectivity index (χ2n) is 3.62. The van der Waals surface area contributed by atoms with Crippen molar-refractivity contribution in [1.82, 2.24) is 15.5 Å². The van der Waals surface area contributed by atoms with Crippen LogP contribution in [0.4, 0.5) is 0 Å². The van der Waals surface area contributed by atoms with Crippen LogP contribution in [0.2, 0.25) is 0 Å². The lowest BCUT2D eigenvalue weighted by Gasteiger charge is -2.03. The number of rotatable bonds is 6. The Morgan fingerprint density at radius 2 is 2.22 bits per heavy atom. The van der Waals surface area contributed by atoms with Gasteiger partial charge in [0.1, 0.15) is 5.75 Å². The lowest BCUT2D eigenvalue weighted by molar-refractivity contribution is 0.413. The van der Waals surface area contributed by atoms with Gasteiger partial charge in [-0.2, -0.15) is 0 Å². The highest BCUT2D eigenvalue weighted by atomic mass is 16.5. The van der Waals surface area contributed by atoms with Crippen LogP contribution in [0.5, 0.6) is 5.75 Å². The van der Waals surface area contributed by atoms with E-state index in [4.69, 9.17) is 9.15 Å². The number of ether oxygens (including phenoxy) is 1. The average molecular weight is 245 g/mol. The van der Waals surface area contributed by atoms with Gasteiger partial charge in [-0.25, -0.2) is 0 Å². The maximum atomic E-state index is 5.56. The maximum absolute atomic E-state index is 5.56. The fraction of sp³-hybridized carbons (Fsp3) is 0.231. The summed E-state index contributed by atoms with van der Waals surface area (Å²) in [5.74, 6) is 1.72. The van der Waals surface area contributed by atoms with Crippen LogP contribution in [0.1, 0.15) is 5.89 Å². The third-order valence-electron chi connectivity index (χ3n) is 2.37. The molecule has 0 saturated heterocycles. The first-order valence-corrected chi connectivity index (χ1v) is 5.62. The van der Waals surface area contributed by atoms with Crippen LogP contribution >= 0.6 is 0 Å². The van der Waals surface area contributed by atoms with Crippen LogP contribution in [-0.4, -0.2) is 23.9 Å². The minimum atomic E-state index is 0.461. The van der Waals surface area contributed by atoms with Crippen LogP contribution in [0.25, 0.3) is 11.5 Å². The second-order valence-corrected chi connectivity index (χ2v) is 3.62. The Bertz CT molecular complexity index is 522. The van der Waals surface area contributed by atoms with Crippen molar-refractivity contribution in [2.75, 3.05) is 13.7 Å². The first-order chi connectivity index (χ1) is 8.85. The van der Waals surface area contributed by atoms with Gasteiger partial charge in [0.25, 0.3) is 5.89 Å². The second kappa shape index (κ2) is 5.97. The first-order valence-electron chi connectivity index (χ1n) is 5.62. The van der Waals surface area contributed by atoms with Gasteiger partial charge in [-0.05, 0) is 12.1 Å². The Balaban J connectivity index is 2.16. The minimum absolute atomic E-state index is 0.461. The van der Waals surface area contributed by atoms with Crippen molar-refractivity contribution in [3.63, 3.8) is 0 Å². The quantitative estimate of drug-likeness (QED) is 0.623. The standard InChI is InChI=1S/C13H15N3O2/c1-3-8-14-9-12-15-16-13(18-12)10-6-4-5-7-11(10)17-2/h3-7,14H,1,8-9H2,2H3. The molecule has 0 radical (unpaired) electrons. The van der Waals surface area contributed by atoms with Crippen LogP contribution in [0.15, 0.2) is 41.3 Å². The van der Waals surface area contributed by atoms with E-state index in [2.05, 4.69) is 22.1 Å². The molecular weight excluding hydrogens is 230 g/mol. The summed E-state index contributed by atoms with van der Waals surface area (Å²) in [7, 11) is 1.61. The highest BCUT2D eigenvalue weighted by molar-refractivity contribution is 5.62. The fourth-order valence-electron chi connectivity index (χ4n) is 1.54. The van der Waals surface area contributed by atoms with E-state index in [1.54, 1.807) is 13.2 Å². The van der Waals surface area contributed by atoms with Gasteiger partial charge in [0.05, 0.1) is 19.2 Å². The van der Waals surface area contributed by atoms with E-state index in [9.17, 15) is 0 Å². The van der Waals surface area contributed by atoms with E-state index >= 15 is 0 Å². The molecule has 1 heterocycles. The third kappa shape index (κ3) is 2.75. The summed E-state index contributed by atoms with van der Waals surface area (Å²) in [6, 6.07) is 7.53. The van der Waals surface area contributed by atoms with Crippen molar-refractivity contribution in [2.24, 2.45) is 0 Å². The lowest BCUT2D eigenvalue weighted by atomic mass is 10.2. The minimum Gasteiger partial charge on any atom is -0.496 e. The summed E-state index contributed by atoms with van der Waals surface area (Å²) >= 11 is 0. The van der Waals surface area contributed by atoms with E-state index < -0.39 is 0 Å². The SMILES string of the molecule is C=CCNCc1nnc(-c2ccccc2OC)o1. The molecule has 5 heteroatoms. The zero-order valence-electron chi connectivity index (χ0n) is 10.2. The van der Waals surface area contributed by atoms with Gasteiger partial charge in [0, 0.05) is 6.54 Å². The number of hydrogen-bond acceptors (Lipinski definition) is 5. The number of methoxy groups -OCH3 is 1. The Morgan fingerprint density at radius 1 is 1.39 bits per heavy atom. The van der Waals surface area contributed by atoms with Gasteiger partial charge in [-0.3, -0.25) is 0 Å². The third-order valence-corrected chi connectivity index (χ3v) is 2.37. The molecule has 2 rings (SSSR count). The molecule has 0 aliphatic carbocycles. The van der Waals surface area contributed by atoms with Gasteiger partial charge >= 0.3 is 0 Å². The first kappa shape index (κ1) is 12.3. The van der Waals surface area contributed by atoms with E-state index in [0.29, 0.717) is 30.6 Å². The number of aromatic nitrogens is 2. The van der Waals surface area contributed by atoms with Gasteiger partial charge in [0.2, 0.25) is 5.89 Å². The lowest BCUT2D eigenvalue weighted by Crippen LogP contribution is -2.12. The average Bonchev–Trinajstić information content (AvgIpc) is 2.88. The molecule has 1 N–H and O–H groups in total. The smallest absolute Gasteiger partial charge is 0.251 e. The highest BCUT2D eigenvalue weighted by Crippen LogP contribution is 2.28. The maximum Gasteiger partial charge on any atom is 0.251 e. The number of hydrogen-bond donors (Lipinski definition) is 1. The summed E-state index contributed by atoms with van der Waals surface area (Å²) in [6.07, 6.45) is 1.78. The molecule has 0 atom stereocenters. The van der Waals surface area contributed by atoms with E-state index in [1.165, 1.54) is 0 Å². The van der Waals surface area contributed by atoms with Crippen molar-refractivity contribution < 1.29 is 9.15 Å². The van der Waals surface area contributed by atoms with Crippen molar-refractivity contribution in [3.05, 3.63) is 42.8 Å². The molecule has 0 unspecified atom stereocenters. The predicted molar refractivity (Wildman–Crippen MR) is 68.2 cm³/mol. The molecule has 94 valence electrons. The molecular formula is C13H15N3O2. The Hall–Kier alpha value is -2.14. The van der Waals surface area contributed by atoms with Crippen molar-refractivity contribution in [1.29, 1.82) is 0 Å². The largest absolute Gasteiger partial charge is 0.496 e. The predicted octanol–water partition coefficient (Wildman–Crippen LogP) is 2.02. The molecule has 0 fully saturated rings. The molecule has 18 heavy (non-hydrogen) atoms. The van der Waals surface area contributed by atoms with Crippen molar-refractivity contribution in [3.8, 4) is 17.2 Å². The molecule has 1 aromatic heterocycles. The van der Waals surface area contributed by atoms with E-state index in [0.717, 1.165) is 5.56 Å². The van der Waals surface area contributed by atoms with Crippen molar-refractivity contribution >= 4 is 0 Å². The molecule has 2 aromatic rings. The topological polar surface area (TPSA) is 60.2 Å². The van der Waals surface area contributed by atoms with E-state index in [-0.39, 0.29) is 0 Å². The van der Waals surface area contributed by atoms with Gasteiger partial charge in [-0.1, -0.05) is 18.2 Å². The zero-order valence-corrected chi connectivity index (χ0v) is 10.2. The van der Waals surface area contributed by atoms with E-state index in [1.807, 2.05) is 24.3 Å². The molecule has 0 spiro atoms. The molecule has 1 aromatic carbocycles. The van der Waals surface area contributed by atoms with Crippen LogP contribution in [-0.2, 0) is 6.54 Å². The van der Waals surface area contributed by atoms with Crippen LogP contribution in [0.3, 0.4) is 0 Å². The zero-order chi connectivity index (χ0) is 12.8. The monoisotopic (exact) mass is 245 g/mol. The summed E-state index contributed by atoms with van der Waals surface area (Å²) in [5, 5.41) is 11.1. The summed E-state index contributed by atoms with van der Waals surface area (Å²) < 4.78 is 10.8. The molecule has 0 saturated carbocycles. The number of nitrogens with zero attached hydrogens (tertiary/aromatic N) is 2. The van der Waals surface area contributed by atoms with Gasteiger partial charge in [0.15, 0.2) is 0 Å². The summed E-state index contributed by atoms with van der Waals surface area (Å²) in [5.41, 5.74) is 0.794. The Kier molecular flexibility index (Phi) is 4.09. The van der Waals surface area contributed by atoms with Crippen LogP contribution < -0.4 is 10.1 Å². The molecule has 0 aliphatic rings. The normalized spacial score (nSPS) is 10.3. The summed E-state index contributed by atoms with van der Waals surface area (Å²) in [6.45, 7) is 4.84. The number of para-hydroxylation sites is 1. The Morgan fingerprint density at radius 3 is 3.00 bits per heavy atom. The molecule has 0 bridgehead atoms. The van der Waals surface area contributed by atoms with Gasteiger partial charge in [-0.15, -0.1) is 16.8 Å². The van der Waals surface area contributed by atoms with Gasteiger partial charge < -0.3 is 14.5 Å². The highest BCUT2D eigenvalue weighted by Gasteiger charge is 2.12. The molecule has 0 amide bonds. The summed E-state index contributed by atoms with van der Waals surface area (Å²) in [4.78, 5) is 0. The number of benzene rings is 1. The number of nitrogens with one attached hydrogen (secondary N) is 1. The Labute approximate surface area is 105 Å².